The molecule has 2 unspecified atom stereocenters. The summed E-state index contributed by atoms with van der Waals surface area (Å²) in [5.41, 5.74) is 0.483. The van der Waals surface area contributed by atoms with Crippen LogP contribution in [0.1, 0.15) is 30.6 Å². The zero-order valence-corrected chi connectivity index (χ0v) is 13.5. The molecule has 2 rings (SSSR count). The van der Waals surface area contributed by atoms with Gasteiger partial charge in [0.2, 0.25) is 5.91 Å². The van der Waals surface area contributed by atoms with Crippen LogP contribution in [-0.4, -0.2) is 41.8 Å². The fraction of sp³-hybridized carbons (Fsp3) is 0.467. The molecule has 2 atom stereocenters. The van der Waals surface area contributed by atoms with Gasteiger partial charge in [-0.05, 0) is 31.5 Å². The van der Waals surface area contributed by atoms with Crippen LogP contribution < -0.4 is 5.32 Å². The molecule has 6 heteroatoms. The first kappa shape index (κ1) is 16.3. The molecule has 114 valence electrons. The molecule has 0 radical (unpaired) electrons. The Labute approximate surface area is 134 Å². The summed E-state index contributed by atoms with van der Waals surface area (Å²) in [7, 11) is 0. The van der Waals surface area contributed by atoms with Crippen LogP contribution in [0.25, 0.3) is 0 Å². The molecule has 1 aliphatic rings. The van der Waals surface area contributed by atoms with Crippen molar-refractivity contribution in [1.29, 1.82) is 0 Å². The Hall–Kier alpha value is -1.10. The van der Waals surface area contributed by atoms with E-state index in [2.05, 4.69) is 10.2 Å². The van der Waals surface area contributed by atoms with Crippen LogP contribution in [0.3, 0.4) is 0 Å². The van der Waals surface area contributed by atoms with E-state index in [1.165, 1.54) is 6.92 Å². The highest BCUT2D eigenvalue weighted by Gasteiger charge is 2.31. The molecule has 1 amide bonds. The molecule has 1 aromatic rings. The number of benzene rings is 1. The average molecular weight is 329 g/mol. The van der Waals surface area contributed by atoms with Crippen molar-refractivity contribution in [3.05, 3.63) is 33.8 Å². The summed E-state index contributed by atoms with van der Waals surface area (Å²) in [6.45, 7) is 4.83. The van der Waals surface area contributed by atoms with Gasteiger partial charge in [-0.2, -0.15) is 0 Å². The summed E-state index contributed by atoms with van der Waals surface area (Å²) < 4.78 is 0. The van der Waals surface area contributed by atoms with E-state index < -0.39 is 0 Å². The average Bonchev–Trinajstić information content (AvgIpc) is 2.84. The van der Waals surface area contributed by atoms with Crippen LogP contribution in [0.2, 0.25) is 10.0 Å². The number of carbonyl (C=O) groups excluding carboxylic acids is 2. The fourth-order valence-corrected chi connectivity index (χ4v) is 3.13. The van der Waals surface area contributed by atoms with E-state index in [9.17, 15) is 9.59 Å². The molecule has 1 N–H and O–H groups in total. The van der Waals surface area contributed by atoms with Crippen LogP contribution in [0, 0.1) is 0 Å². The van der Waals surface area contributed by atoms with Crippen molar-refractivity contribution in [2.24, 2.45) is 0 Å². The Morgan fingerprint density at radius 1 is 1.38 bits per heavy atom. The van der Waals surface area contributed by atoms with Gasteiger partial charge < -0.3 is 5.32 Å². The second-order valence-corrected chi connectivity index (χ2v) is 6.19. The molecule has 4 nitrogen and oxygen atoms in total. The van der Waals surface area contributed by atoms with Crippen molar-refractivity contribution in [3.63, 3.8) is 0 Å². The maximum absolute atomic E-state index is 12.5. The minimum Gasteiger partial charge on any atom is -0.352 e. The summed E-state index contributed by atoms with van der Waals surface area (Å²) in [5, 5.41) is 3.77. The molecule has 0 aliphatic carbocycles. The van der Waals surface area contributed by atoms with Gasteiger partial charge in [-0.1, -0.05) is 23.2 Å². The zero-order valence-electron chi connectivity index (χ0n) is 12.0. The van der Waals surface area contributed by atoms with Crippen LogP contribution in [0.5, 0.6) is 0 Å². The molecular formula is C15H18Cl2N2O2. The molecule has 1 fully saturated rings. The van der Waals surface area contributed by atoms with Crippen LogP contribution in [-0.2, 0) is 4.79 Å². The van der Waals surface area contributed by atoms with Crippen LogP contribution in [0.4, 0.5) is 0 Å². The molecule has 1 saturated heterocycles. The van der Waals surface area contributed by atoms with Crippen molar-refractivity contribution in [2.75, 3.05) is 13.1 Å². The van der Waals surface area contributed by atoms with Gasteiger partial charge in [-0.15, -0.1) is 0 Å². The number of halogens is 2. The normalized spacial score (nSPS) is 20.3. The van der Waals surface area contributed by atoms with E-state index in [0.29, 0.717) is 22.2 Å². The third-order valence-electron chi connectivity index (χ3n) is 3.75. The van der Waals surface area contributed by atoms with E-state index in [-0.39, 0.29) is 23.8 Å². The molecular weight excluding hydrogens is 311 g/mol. The van der Waals surface area contributed by atoms with Gasteiger partial charge in [0.25, 0.3) is 0 Å². The first-order valence-corrected chi connectivity index (χ1v) is 7.64. The fourth-order valence-electron chi connectivity index (χ4n) is 2.62. The first-order valence-electron chi connectivity index (χ1n) is 6.89. The summed E-state index contributed by atoms with van der Waals surface area (Å²) in [6, 6.07) is 4.73. The van der Waals surface area contributed by atoms with E-state index in [1.54, 1.807) is 18.2 Å². The summed E-state index contributed by atoms with van der Waals surface area (Å²) in [5.74, 6) is -0.0679. The topological polar surface area (TPSA) is 49.4 Å². The van der Waals surface area contributed by atoms with E-state index in [0.717, 1.165) is 13.0 Å². The van der Waals surface area contributed by atoms with Gasteiger partial charge in [0.05, 0.1) is 11.1 Å². The number of amides is 1. The number of ketones is 1. The molecule has 0 spiro atoms. The summed E-state index contributed by atoms with van der Waals surface area (Å²) in [6.07, 6.45) is 0.853. The number of likely N-dealkylation sites (tertiary alicyclic amines) is 1. The van der Waals surface area contributed by atoms with Crippen molar-refractivity contribution in [1.82, 2.24) is 10.2 Å². The Balaban J connectivity index is 2.04. The highest BCUT2D eigenvalue weighted by Crippen LogP contribution is 2.24. The van der Waals surface area contributed by atoms with Crippen molar-refractivity contribution < 1.29 is 9.59 Å². The maximum atomic E-state index is 12.5. The number of hydrogen-bond acceptors (Lipinski definition) is 3. The van der Waals surface area contributed by atoms with Crippen molar-refractivity contribution >= 4 is 34.9 Å². The van der Waals surface area contributed by atoms with Gasteiger partial charge in [0.15, 0.2) is 5.78 Å². The van der Waals surface area contributed by atoms with Crippen molar-refractivity contribution in [3.8, 4) is 0 Å². The number of Topliss-reactive ketones (excluding diaryl/α,β-unsaturated/α-hetero) is 1. The first-order chi connectivity index (χ1) is 9.88. The molecule has 0 bridgehead atoms. The molecule has 1 aliphatic heterocycles. The van der Waals surface area contributed by atoms with Gasteiger partial charge in [-0.25, -0.2) is 0 Å². The Morgan fingerprint density at radius 2 is 2.10 bits per heavy atom. The second-order valence-electron chi connectivity index (χ2n) is 5.35. The Bertz CT molecular complexity index is 563. The van der Waals surface area contributed by atoms with Crippen LogP contribution >= 0.6 is 23.2 Å². The molecule has 21 heavy (non-hydrogen) atoms. The number of hydrogen-bond donors (Lipinski definition) is 1. The summed E-state index contributed by atoms with van der Waals surface area (Å²) >= 11 is 11.9. The minimum atomic E-state index is -0.276. The highest BCUT2D eigenvalue weighted by atomic mass is 35.5. The van der Waals surface area contributed by atoms with E-state index >= 15 is 0 Å². The van der Waals surface area contributed by atoms with E-state index in [4.69, 9.17) is 23.2 Å². The lowest BCUT2D eigenvalue weighted by molar-refractivity contribution is -0.119. The number of nitrogens with zero attached hydrogens (tertiary/aromatic N) is 1. The third-order valence-corrected chi connectivity index (χ3v) is 4.30. The Morgan fingerprint density at radius 3 is 2.71 bits per heavy atom. The van der Waals surface area contributed by atoms with Gasteiger partial charge in [0, 0.05) is 36.6 Å². The SMILES string of the molecule is CC(=O)NC1CCN(C(C)C(=O)c2ccc(Cl)cc2Cl)C1. The van der Waals surface area contributed by atoms with Crippen molar-refractivity contribution in [2.45, 2.75) is 32.4 Å². The lowest BCUT2D eigenvalue weighted by atomic mass is 10.0. The highest BCUT2D eigenvalue weighted by molar-refractivity contribution is 6.37. The summed E-state index contributed by atoms with van der Waals surface area (Å²) in [4.78, 5) is 25.7. The minimum absolute atomic E-state index is 0.0276. The maximum Gasteiger partial charge on any atom is 0.217 e. The van der Waals surface area contributed by atoms with Gasteiger partial charge >= 0.3 is 0 Å². The third kappa shape index (κ3) is 3.96. The number of rotatable bonds is 4. The largest absolute Gasteiger partial charge is 0.352 e. The monoisotopic (exact) mass is 328 g/mol. The van der Waals surface area contributed by atoms with E-state index in [1.807, 2.05) is 6.92 Å². The standard InChI is InChI=1S/C15H18Cl2N2O2/c1-9(19-6-5-12(8-19)18-10(2)20)15(21)13-4-3-11(16)7-14(13)17/h3-4,7,9,12H,5-6,8H2,1-2H3,(H,18,20). The molecule has 1 aromatic carbocycles. The predicted octanol–water partition coefficient (Wildman–Crippen LogP) is 2.78. The van der Waals surface area contributed by atoms with Crippen LogP contribution in [0.15, 0.2) is 18.2 Å². The second kappa shape index (κ2) is 6.77. The molecule has 0 saturated carbocycles. The number of carbonyl (C=O) groups is 2. The van der Waals surface area contributed by atoms with Gasteiger partial charge in [0.1, 0.15) is 0 Å². The quantitative estimate of drug-likeness (QED) is 0.864. The lowest BCUT2D eigenvalue weighted by Gasteiger charge is -2.23. The zero-order chi connectivity index (χ0) is 15.6. The predicted molar refractivity (Wildman–Crippen MR) is 84.0 cm³/mol. The molecule has 1 heterocycles. The smallest absolute Gasteiger partial charge is 0.217 e. The number of nitrogens with one attached hydrogen (secondary N) is 1. The molecule has 0 aromatic heterocycles. The lowest BCUT2D eigenvalue weighted by Crippen LogP contribution is -2.41. The van der Waals surface area contributed by atoms with Gasteiger partial charge in [-0.3, -0.25) is 14.5 Å². The Kier molecular flexibility index (Phi) is 5.25.